The van der Waals surface area contributed by atoms with Crippen molar-refractivity contribution >= 4 is 17.5 Å². The van der Waals surface area contributed by atoms with Gasteiger partial charge in [-0.15, -0.1) is 11.6 Å². The zero-order chi connectivity index (χ0) is 10.6. The van der Waals surface area contributed by atoms with E-state index < -0.39 is 0 Å². The van der Waals surface area contributed by atoms with E-state index in [1.54, 1.807) is 0 Å². The van der Waals surface area contributed by atoms with Crippen LogP contribution in [0, 0.1) is 5.92 Å². The molecule has 2 nitrogen and oxygen atoms in total. The number of allylic oxidation sites excluding steroid dienone is 2. The maximum atomic E-state index is 11.2. The molecule has 1 aliphatic rings. The Hall–Kier alpha value is -0.500. The molecule has 0 heterocycles. The van der Waals surface area contributed by atoms with Gasteiger partial charge in [0.25, 0.3) is 0 Å². The van der Waals surface area contributed by atoms with Gasteiger partial charge in [0.15, 0.2) is 0 Å². The fraction of sp³-hybridized carbons (Fsp3) is 0.727. The fourth-order valence-corrected chi connectivity index (χ4v) is 2.11. The summed E-state index contributed by atoms with van der Waals surface area (Å²) in [5.74, 6) is 0.491. The van der Waals surface area contributed by atoms with Crippen LogP contribution in [0.1, 0.15) is 39.5 Å². The Labute approximate surface area is 90.7 Å². The van der Waals surface area contributed by atoms with Crippen molar-refractivity contribution in [1.82, 2.24) is 5.32 Å². The number of halogens is 1. The molecule has 0 saturated carbocycles. The summed E-state index contributed by atoms with van der Waals surface area (Å²) in [7, 11) is 0. The Morgan fingerprint density at radius 3 is 2.93 bits per heavy atom. The number of hydrogen-bond donors (Lipinski definition) is 1. The number of alkyl halides is 1. The molecule has 0 bridgehead atoms. The molecule has 1 rings (SSSR count). The molecule has 1 N–H and O–H groups in total. The van der Waals surface area contributed by atoms with Gasteiger partial charge >= 0.3 is 0 Å². The van der Waals surface area contributed by atoms with Crippen LogP contribution in [0.25, 0.3) is 0 Å². The van der Waals surface area contributed by atoms with Crippen molar-refractivity contribution in [2.24, 2.45) is 5.92 Å². The minimum absolute atomic E-state index is 0.0488. The molecule has 3 heteroatoms. The summed E-state index contributed by atoms with van der Waals surface area (Å²) in [4.78, 5) is 11.2. The van der Waals surface area contributed by atoms with Gasteiger partial charge in [-0.25, -0.2) is 0 Å². The molecule has 1 atom stereocenters. The zero-order valence-corrected chi connectivity index (χ0v) is 9.66. The smallest absolute Gasteiger partial charge is 0.239 e. The average molecular weight is 216 g/mol. The third kappa shape index (κ3) is 2.74. The maximum absolute atomic E-state index is 11.2. The number of carbonyl (C=O) groups excluding carboxylic acids is 1. The average Bonchev–Trinajstić information content (AvgIpc) is 2.20. The van der Waals surface area contributed by atoms with E-state index in [4.69, 9.17) is 11.6 Å². The van der Waals surface area contributed by atoms with E-state index in [1.165, 1.54) is 18.4 Å². The minimum Gasteiger partial charge on any atom is -0.329 e. The predicted octanol–water partition coefficient (Wildman–Crippen LogP) is 2.83. The molecule has 0 aromatic heterocycles. The van der Waals surface area contributed by atoms with E-state index in [2.05, 4.69) is 19.2 Å². The van der Waals surface area contributed by atoms with Crippen LogP contribution in [-0.4, -0.2) is 11.8 Å². The van der Waals surface area contributed by atoms with Crippen LogP contribution < -0.4 is 5.32 Å². The molecule has 0 spiro atoms. The third-order valence-corrected chi connectivity index (χ3v) is 3.10. The maximum Gasteiger partial charge on any atom is 0.239 e. The molecule has 1 amide bonds. The molecule has 0 aliphatic heterocycles. The standard InChI is InChI=1S/C11H18ClNO/c1-3-9-6-4-5-8(2)11(9)13-10(14)7-12/h9H,3-7H2,1-2H3,(H,13,14). The Kier molecular flexibility index (Phi) is 4.46. The molecule has 0 aromatic rings. The van der Waals surface area contributed by atoms with Crippen molar-refractivity contribution in [1.29, 1.82) is 0 Å². The highest BCUT2D eigenvalue weighted by atomic mass is 35.5. The van der Waals surface area contributed by atoms with Gasteiger partial charge in [-0.1, -0.05) is 12.5 Å². The number of rotatable bonds is 3. The van der Waals surface area contributed by atoms with Gasteiger partial charge in [0.2, 0.25) is 5.91 Å². The molecule has 0 saturated heterocycles. The quantitative estimate of drug-likeness (QED) is 0.721. The summed E-state index contributed by atoms with van der Waals surface area (Å²) in [5, 5.41) is 2.93. The van der Waals surface area contributed by atoms with E-state index in [9.17, 15) is 4.79 Å². The van der Waals surface area contributed by atoms with Crippen LogP contribution in [0.3, 0.4) is 0 Å². The molecule has 14 heavy (non-hydrogen) atoms. The first kappa shape index (κ1) is 11.6. The van der Waals surface area contributed by atoms with Crippen molar-refractivity contribution in [2.75, 3.05) is 5.88 Å². The van der Waals surface area contributed by atoms with E-state index in [1.807, 2.05) is 0 Å². The second kappa shape index (κ2) is 5.40. The fourth-order valence-electron chi connectivity index (χ4n) is 2.04. The Bertz CT molecular complexity index is 248. The van der Waals surface area contributed by atoms with Crippen molar-refractivity contribution < 1.29 is 4.79 Å². The normalized spacial score (nSPS) is 22.4. The predicted molar refractivity (Wildman–Crippen MR) is 59.2 cm³/mol. The molecule has 0 fully saturated rings. The monoisotopic (exact) mass is 215 g/mol. The van der Waals surface area contributed by atoms with Crippen molar-refractivity contribution in [2.45, 2.75) is 39.5 Å². The highest BCUT2D eigenvalue weighted by Gasteiger charge is 2.20. The van der Waals surface area contributed by atoms with Crippen LogP contribution in [-0.2, 0) is 4.79 Å². The van der Waals surface area contributed by atoms with Crippen molar-refractivity contribution in [3.63, 3.8) is 0 Å². The number of carbonyl (C=O) groups is 1. The second-order valence-electron chi connectivity index (χ2n) is 3.87. The summed E-state index contributed by atoms with van der Waals surface area (Å²) in [6.07, 6.45) is 4.62. The Balaban J connectivity index is 2.73. The molecule has 1 aliphatic carbocycles. The summed E-state index contributed by atoms with van der Waals surface area (Å²) >= 11 is 5.48. The number of nitrogens with one attached hydrogen (secondary N) is 1. The van der Waals surface area contributed by atoms with Crippen molar-refractivity contribution in [3.05, 3.63) is 11.3 Å². The lowest BCUT2D eigenvalue weighted by Gasteiger charge is -2.26. The Morgan fingerprint density at radius 1 is 1.64 bits per heavy atom. The highest BCUT2D eigenvalue weighted by molar-refractivity contribution is 6.27. The topological polar surface area (TPSA) is 29.1 Å². The lowest BCUT2D eigenvalue weighted by atomic mass is 9.86. The lowest BCUT2D eigenvalue weighted by molar-refractivity contribution is -0.118. The molecule has 0 aromatic carbocycles. The van der Waals surface area contributed by atoms with E-state index >= 15 is 0 Å². The minimum atomic E-state index is -0.0821. The summed E-state index contributed by atoms with van der Waals surface area (Å²) in [6, 6.07) is 0. The van der Waals surface area contributed by atoms with E-state index in [0.29, 0.717) is 5.92 Å². The van der Waals surface area contributed by atoms with Crippen LogP contribution in [0.4, 0.5) is 0 Å². The molecular formula is C11H18ClNO. The third-order valence-electron chi connectivity index (χ3n) is 2.86. The molecular weight excluding hydrogens is 198 g/mol. The highest BCUT2D eigenvalue weighted by Crippen LogP contribution is 2.30. The lowest BCUT2D eigenvalue weighted by Crippen LogP contribution is -2.30. The van der Waals surface area contributed by atoms with Crippen LogP contribution in [0.5, 0.6) is 0 Å². The SMILES string of the molecule is CCC1CCCC(C)=C1NC(=O)CCl. The molecule has 80 valence electrons. The first-order chi connectivity index (χ1) is 6.69. The van der Waals surface area contributed by atoms with Gasteiger partial charge in [0, 0.05) is 5.70 Å². The van der Waals surface area contributed by atoms with E-state index in [0.717, 1.165) is 18.5 Å². The number of hydrogen-bond acceptors (Lipinski definition) is 1. The summed E-state index contributed by atoms with van der Waals surface area (Å²) < 4.78 is 0. The second-order valence-corrected chi connectivity index (χ2v) is 4.14. The van der Waals surface area contributed by atoms with E-state index in [-0.39, 0.29) is 11.8 Å². The van der Waals surface area contributed by atoms with Gasteiger partial charge in [-0.2, -0.15) is 0 Å². The molecule has 1 unspecified atom stereocenters. The summed E-state index contributed by atoms with van der Waals surface area (Å²) in [6.45, 7) is 4.27. The van der Waals surface area contributed by atoms with Gasteiger partial charge in [-0.3, -0.25) is 4.79 Å². The van der Waals surface area contributed by atoms with Gasteiger partial charge in [0.05, 0.1) is 0 Å². The van der Waals surface area contributed by atoms with Crippen LogP contribution >= 0.6 is 11.6 Å². The van der Waals surface area contributed by atoms with Crippen molar-refractivity contribution in [3.8, 4) is 0 Å². The van der Waals surface area contributed by atoms with Gasteiger partial charge in [0.1, 0.15) is 5.88 Å². The molecule has 0 radical (unpaired) electrons. The zero-order valence-electron chi connectivity index (χ0n) is 8.90. The van der Waals surface area contributed by atoms with Gasteiger partial charge in [-0.05, 0) is 38.5 Å². The first-order valence-electron chi connectivity index (χ1n) is 5.24. The number of amides is 1. The first-order valence-corrected chi connectivity index (χ1v) is 5.78. The van der Waals surface area contributed by atoms with Crippen LogP contribution in [0.2, 0.25) is 0 Å². The largest absolute Gasteiger partial charge is 0.329 e. The van der Waals surface area contributed by atoms with Gasteiger partial charge < -0.3 is 5.32 Å². The Morgan fingerprint density at radius 2 is 2.36 bits per heavy atom. The summed E-state index contributed by atoms with van der Waals surface area (Å²) in [5.41, 5.74) is 2.45. The van der Waals surface area contributed by atoms with Crippen LogP contribution in [0.15, 0.2) is 11.3 Å².